The van der Waals surface area contributed by atoms with Gasteiger partial charge in [0.05, 0.1) is 31.0 Å². The quantitative estimate of drug-likeness (QED) is 0.161. The Morgan fingerprint density at radius 1 is 0.913 bits per heavy atom. The fourth-order valence-corrected chi connectivity index (χ4v) is 6.53. The molecule has 0 spiro atoms. The summed E-state index contributed by atoms with van der Waals surface area (Å²) in [5.74, 6) is 0.0150. The summed E-state index contributed by atoms with van der Waals surface area (Å²) in [6.07, 6.45) is 0.886. The first kappa shape index (κ1) is 32.8. The van der Waals surface area contributed by atoms with Gasteiger partial charge < -0.3 is 25.4 Å². The molecule has 0 unspecified atom stereocenters. The van der Waals surface area contributed by atoms with E-state index in [4.69, 9.17) is 14.7 Å². The van der Waals surface area contributed by atoms with Gasteiger partial charge in [-0.1, -0.05) is 78.9 Å². The summed E-state index contributed by atoms with van der Waals surface area (Å²) >= 11 is 1.72. The molecule has 1 aliphatic rings. The molecule has 0 bridgehead atoms. The number of thioether (sulfide) groups is 1. The number of methoxy groups -OCH3 is 1. The number of carbonyl (C=O) groups is 2. The van der Waals surface area contributed by atoms with Crippen LogP contribution in [0.4, 0.5) is 10.5 Å². The highest BCUT2D eigenvalue weighted by atomic mass is 32.2. The lowest BCUT2D eigenvalue weighted by molar-refractivity contribution is -0.118. The van der Waals surface area contributed by atoms with Gasteiger partial charge in [-0.3, -0.25) is 4.79 Å². The van der Waals surface area contributed by atoms with Crippen molar-refractivity contribution in [3.8, 4) is 6.07 Å². The maximum Gasteiger partial charge on any atom is 0.407 e. The SMILES string of the molecule is COC(=O)N[C@H](C(=O)Nc1ccccc1CC[C@@H]1CNC[C@@H](CSc2ccc(C#N)cc2)O1)C(c1ccccc1)c1ccccc1. The number of morpholine rings is 1. The average Bonchev–Trinajstić information content (AvgIpc) is 3.11. The molecule has 4 aromatic rings. The fraction of sp³-hybridized carbons (Fsp3) is 0.270. The van der Waals surface area contributed by atoms with Crippen LogP contribution in [-0.2, 0) is 20.7 Å². The second kappa shape index (κ2) is 16.6. The van der Waals surface area contributed by atoms with Crippen molar-refractivity contribution in [1.29, 1.82) is 5.26 Å². The third kappa shape index (κ3) is 8.98. The Morgan fingerprint density at radius 2 is 1.54 bits per heavy atom. The number of amides is 2. The van der Waals surface area contributed by atoms with Crippen LogP contribution in [0.15, 0.2) is 114 Å². The molecule has 1 saturated heterocycles. The van der Waals surface area contributed by atoms with E-state index >= 15 is 0 Å². The van der Waals surface area contributed by atoms with Gasteiger partial charge in [0.25, 0.3) is 0 Å². The van der Waals surface area contributed by atoms with E-state index in [0.717, 1.165) is 46.8 Å². The molecule has 0 radical (unpaired) electrons. The Morgan fingerprint density at radius 3 is 2.20 bits per heavy atom. The van der Waals surface area contributed by atoms with E-state index in [0.29, 0.717) is 17.7 Å². The number of benzene rings is 4. The Bertz CT molecular complexity index is 1570. The van der Waals surface area contributed by atoms with Crippen molar-refractivity contribution in [2.75, 3.05) is 31.3 Å². The molecule has 5 rings (SSSR count). The van der Waals surface area contributed by atoms with Gasteiger partial charge in [0.15, 0.2) is 0 Å². The highest BCUT2D eigenvalue weighted by Gasteiger charge is 2.33. The number of carbonyl (C=O) groups excluding carboxylic acids is 2. The zero-order valence-corrected chi connectivity index (χ0v) is 26.5. The lowest BCUT2D eigenvalue weighted by Crippen LogP contribution is -2.48. The van der Waals surface area contributed by atoms with E-state index in [1.165, 1.54) is 7.11 Å². The summed E-state index contributed by atoms with van der Waals surface area (Å²) in [5, 5.41) is 18.5. The molecule has 3 atom stereocenters. The number of anilines is 1. The minimum Gasteiger partial charge on any atom is -0.453 e. The predicted octanol–water partition coefficient (Wildman–Crippen LogP) is 6.14. The normalized spacial score (nSPS) is 16.6. The number of ether oxygens (including phenoxy) is 2. The number of hydrogen-bond acceptors (Lipinski definition) is 7. The lowest BCUT2D eigenvalue weighted by Gasteiger charge is -2.31. The highest BCUT2D eigenvalue weighted by Crippen LogP contribution is 2.30. The standard InChI is InChI=1S/C37H38N4O4S/c1-44-37(43)41-35(34(28-11-4-2-5-12-28)29-13-6-3-7-14-29)36(42)40-33-15-9-8-10-27(33)18-19-30-23-39-24-31(45-30)25-46-32-20-16-26(22-38)17-21-32/h2-17,20-21,30-31,34-35,39H,18-19,23-25H2,1H3,(H,40,42)(H,41,43)/t30-,31+,35+/m1/s1. The molecule has 0 saturated carbocycles. The van der Waals surface area contributed by atoms with Gasteiger partial charge in [0.2, 0.25) is 5.91 Å². The van der Waals surface area contributed by atoms with Crippen molar-refractivity contribution >= 4 is 29.4 Å². The smallest absolute Gasteiger partial charge is 0.407 e. The van der Waals surface area contributed by atoms with E-state index in [1.807, 2.05) is 109 Å². The van der Waals surface area contributed by atoms with Crippen LogP contribution in [0.2, 0.25) is 0 Å². The van der Waals surface area contributed by atoms with Crippen LogP contribution >= 0.6 is 11.8 Å². The minimum absolute atomic E-state index is 0.0263. The topological polar surface area (TPSA) is 112 Å². The third-order valence-electron chi connectivity index (χ3n) is 7.95. The van der Waals surface area contributed by atoms with Crippen LogP contribution in [0.5, 0.6) is 0 Å². The zero-order valence-electron chi connectivity index (χ0n) is 25.7. The third-order valence-corrected chi connectivity index (χ3v) is 9.09. The van der Waals surface area contributed by atoms with E-state index < -0.39 is 18.1 Å². The van der Waals surface area contributed by atoms with Gasteiger partial charge in [-0.15, -0.1) is 11.8 Å². The molecule has 0 aromatic heterocycles. The van der Waals surface area contributed by atoms with E-state index in [2.05, 4.69) is 22.0 Å². The minimum atomic E-state index is -0.939. The zero-order chi connectivity index (χ0) is 32.1. The van der Waals surface area contributed by atoms with E-state index in [-0.39, 0.29) is 18.1 Å². The Labute approximate surface area is 274 Å². The Hall–Kier alpha value is -4.62. The molecule has 3 N–H and O–H groups in total. The number of aryl methyl sites for hydroxylation is 1. The first-order chi connectivity index (χ1) is 22.5. The molecular formula is C37H38N4O4S. The Kier molecular flexibility index (Phi) is 11.8. The van der Waals surface area contributed by atoms with E-state index in [1.54, 1.807) is 11.8 Å². The molecule has 236 valence electrons. The molecule has 1 heterocycles. The number of rotatable bonds is 12. The predicted molar refractivity (Wildman–Crippen MR) is 181 cm³/mol. The molecule has 8 nitrogen and oxygen atoms in total. The van der Waals surface area contributed by atoms with Crippen LogP contribution < -0.4 is 16.0 Å². The molecular weight excluding hydrogens is 596 g/mol. The molecule has 4 aromatic carbocycles. The Balaban J connectivity index is 1.26. The molecule has 1 aliphatic heterocycles. The van der Waals surface area contributed by atoms with Gasteiger partial charge in [0, 0.05) is 35.3 Å². The van der Waals surface area contributed by atoms with Crippen LogP contribution in [0.25, 0.3) is 0 Å². The van der Waals surface area contributed by atoms with Crippen LogP contribution in [-0.4, -0.2) is 56.2 Å². The molecule has 2 amide bonds. The first-order valence-electron chi connectivity index (χ1n) is 15.4. The van der Waals surface area contributed by atoms with Crippen molar-refractivity contribution in [2.24, 2.45) is 0 Å². The van der Waals surface area contributed by atoms with Gasteiger partial charge in [-0.25, -0.2) is 4.79 Å². The molecule has 1 fully saturated rings. The van der Waals surface area contributed by atoms with Crippen molar-refractivity contribution in [1.82, 2.24) is 10.6 Å². The average molecular weight is 635 g/mol. The number of nitriles is 1. The summed E-state index contributed by atoms with van der Waals surface area (Å²) in [6.45, 7) is 1.54. The number of nitrogens with zero attached hydrogens (tertiary/aromatic N) is 1. The summed E-state index contributed by atoms with van der Waals surface area (Å²) in [6, 6.07) is 35.9. The number of para-hydroxylation sites is 1. The number of nitrogens with one attached hydrogen (secondary N) is 3. The number of alkyl carbamates (subject to hydrolysis) is 1. The van der Waals surface area contributed by atoms with Crippen molar-refractivity contribution in [2.45, 2.75) is 41.9 Å². The van der Waals surface area contributed by atoms with Crippen molar-refractivity contribution in [3.05, 3.63) is 131 Å². The second-order valence-corrected chi connectivity index (χ2v) is 12.2. The fourth-order valence-electron chi connectivity index (χ4n) is 5.63. The molecule has 0 aliphatic carbocycles. The van der Waals surface area contributed by atoms with Gasteiger partial charge in [0.1, 0.15) is 6.04 Å². The second-order valence-electron chi connectivity index (χ2n) is 11.1. The molecule has 46 heavy (non-hydrogen) atoms. The monoisotopic (exact) mass is 634 g/mol. The van der Waals surface area contributed by atoms with Crippen LogP contribution in [0, 0.1) is 11.3 Å². The highest BCUT2D eigenvalue weighted by molar-refractivity contribution is 7.99. The van der Waals surface area contributed by atoms with Crippen molar-refractivity contribution in [3.63, 3.8) is 0 Å². The summed E-state index contributed by atoms with van der Waals surface area (Å²) in [7, 11) is 1.29. The summed E-state index contributed by atoms with van der Waals surface area (Å²) in [4.78, 5) is 27.7. The summed E-state index contributed by atoms with van der Waals surface area (Å²) in [5.41, 5.74) is 4.13. The maximum atomic E-state index is 14.0. The van der Waals surface area contributed by atoms with Crippen LogP contribution in [0.3, 0.4) is 0 Å². The van der Waals surface area contributed by atoms with E-state index in [9.17, 15) is 9.59 Å². The molecule has 9 heteroatoms. The van der Waals surface area contributed by atoms with Gasteiger partial charge >= 0.3 is 6.09 Å². The van der Waals surface area contributed by atoms with Crippen molar-refractivity contribution < 1.29 is 19.1 Å². The van der Waals surface area contributed by atoms with Crippen LogP contribution in [0.1, 0.15) is 34.6 Å². The lowest BCUT2D eigenvalue weighted by atomic mass is 9.84. The van der Waals surface area contributed by atoms with Gasteiger partial charge in [-0.05, 0) is 59.9 Å². The van der Waals surface area contributed by atoms with Gasteiger partial charge in [-0.2, -0.15) is 5.26 Å². The first-order valence-corrected chi connectivity index (χ1v) is 16.3. The maximum absolute atomic E-state index is 14.0. The summed E-state index contributed by atoms with van der Waals surface area (Å²) < 4.78 is 11.4. The largest absolute Gasteiger partial charge is 0.453 e. The number of hydrogen-bond donors (Lipinski definition) is 3.